The molecule has 2 N–H and O–H groups in total. The highest BCUT2D eigenvalue weighted by molar-refractivity contribution is 6.30. The van der Waals surface area contributed by atoms with Crippen molar-refractivity contribution in [1.82, 2.24) is 5.32 Å². The zero-order valence-corrected chi connectivity index (χ0v) is 13.8. The lowest BCUT2D eigenvalue weighted by atomic mass is 9.71. The van der Waals surface area contributed by atoms with Gasteiger partial charge in [-0.05, 0) is 48.6 Å². The minimum absolute atomic E-state index is 0.0534. The molecule has 0 atom stereocenters. The molecular weight excluding hydrogens is 326 g/mol. The molecule has 0 aliphatic heterocycles. The van der Waals surface area contributed by atoms with Gasteiger partial charge in [-0.1, -0.05) is 41.9 Å². The lowest BCUT2D eigenvalue weighted by Gasteiger charge is -2.43. The van der Waals surface area contributed by atoms with E-state index >= 15 is 0 Å². The normalized spacial score (nSPS) is 15.4. The van der Waals surface area contributed by atoms with Crippen molar-refractivity contribution < 1.29 is 14.7 Å². The maximum atomic E-state index is 12.5. The number of carboxylic acid groups (broad SMARTS) is 1. The number of nitrogens with one attached hydrogen (secondary N) is 1. The topological polar surface area (TPSA) is 66.4 Å². The van der Waals surface area contributed by atoms with Gasteiger partial charge in [0.1, 0.15) is 0 Å². The lowest BCUT2D eigenvalue weighted by molar-refractivity contribution is -0.123. The summed E-state index contributed by atoms with van der Waals surface area (Å²) >= 11 is 5.94. The fraction of sp³-hybridized carbons (Fsp3) is 0.263. The molecule has 4 nitrogen and oxygen atoms in total. The third-order valence-electron chi connectivity index (χ3n) is 4.58. The average molecular weight is 344 g/mol. The summed E-state index contributed by atoms with van der Waals surface area (Å²) in [6.45, 7) is 0. The number of carboxylic acids is 1. The Morgan fingerprint density at radius 3 is 2.33 bits per heavy atom. The molecule has 0 bridgehead atoms. The van der Waals surface area contributed by atoms with Crippen LogP contribution < -0.4 is 5.32 Å². The summed E-state index contributed by atoms with van der Waals surface area (Å²) in [5.41, 5.74) is 1.37. The minimum Gasteiger partial charge on any atom is -0.478 e. The number of halogens is 1. The Morgan fingerprint density at radius 1 is 1.08 bits per heavy atom. The van der Waals surface area contributed by atoms with Crippen molar-refractivity contribution in [3.63, 3.8) is 0 Å². The smallest absolute Gasteiger partial charge is 0.335 e. The maximum absolute atomic E-state index is 12.5. The molecule has 124 valence electrons. The van der Waals surface area contributed by atoms with Gasteiger partial charge in [-0.3, -0.25) is 4.79 Å². The van der Waals surface area contributed by atoms with Gasteiger partial charge in [0.25, 0.3) is 0 Å². The first kappa shape index (κ1) is 16.5. The number of carbonyl (C=O) groups excluding carboxylic acids is 1. The Morgan fingerprint density at radius 2 is 1.75 bits per heavy atom. The van der Waals surface area contributed by atoms with Crippen LogP contribution in [-0.4, -0.2) is 17.0 Å². The predicted octanol–water partition coefficient (Wildman–Crippen LogP) is 3.78. The van der Waals surface area contributed by atoms with Gasteiger partial charge in [0.2, 0.25) is 5.91 Å². The summed E-state index contributed by atoms with van der Waals surface area (Å²) in [6.07, 6.45) is 2.86. The number of hydrogen-bond donors (Lipinski definition) is 2. The van der Waals surface area contributed by atoms with Gasteiger partial charge in [-0.25, -0.2) is 4.79 Å². The fourth-order valence-electron chi connectivity index (χ4n) is 3.15. The average Bonchev–Trinajstić information content (AvgIpc) is 2.52. The fourth-order valence-corrected chi connectivity index (χ4v) is 3.28. The molecule has 0 saturated heterocycles. The minimum atomic E-state index is -1.02. The largest absolute Gasteiger partial charge is 0.478 e. The molecule has 1 fully saturated rings. The summed E-state index contributed by atoms with van der Waals surface area (Å²) in [6, 6.07) is 14.1. The second kappa shape index (κ2) is 6.65. The lowest BCUT2D eigenvalue weighted by Crippen LogP contribution is -2.51. The molecule has 1 aliphatic carbocycles. The highest BCUT2D eigenvalue weighted by atomic mass is 35.5. The Balaban J connectivity index is 1.76. The number of hydrogen-bond acceptors (Lipinski definition) is 2. The molecule has 0 spiro atoms. The van der Waals surface area contributed by atoms with Crippen LogP contribution in [0.15, 0.2) is 48.5 Å². The first-order chi connectivity index (χ1) is 11.5. The van der Waals surface area contributed by atoms with E-state index in [1.54, 1.807) is 18.2 Å². The number of amides is 1. The van der Waals surface area contributed by atoms with E-state index in [0.717, 1.165) is 24.8 Å². The molecule has 1 amide bonds. The van der Waals surface area contributed by atoms with Crippen LogP contribution in [0.3, 0.4) is 0 Å². The number of benzene rings is 2. The molecule has 2 aromatic carbocycles. The van der Waals surface area contributed by atoms with Crippen molar-refractivity contribution in [2.45, 2.75) is 31.2 Å². The maximum Gasteiger partial charge on any atom is 0.335 e. The van der Waals surface area contributed by atoms with Crippen molar-refractivity contribution >= 4 is 23.5 Å². The van der Waals surface area contributed by atoms with Crippen molar-refractivity contribution in [1.29, 1.82) is 0 Å². The van der Waals surface area contributed by atoms with Crippen molar-refractivity contribution in [2.24, 2.45) is 0 Å². The standard InChI is InChI=1S/C19H18ClNO3/c20-15-8-6-14(7-9-15)19(10-3-11-19)21-17(22)12-13-4-1-2-5-16(13)18(23)24/h1-2,4-9H,3,10-12H2,(H,21,22)(H,23,24). The summed E-state index contributed by atoms with van der Waals surface area (Å²) in [5, 5.41) is 13.0. The summed E-state index contributed by atoms with van der Waals surface area (Å²) in [7, 11) is 0. The zero-order chi connectivity index (χ0) is 17.2. The van der Waals surface area contributed by atoms with E-state index in [0.29, 0.717) is 10.6 Å². The molecule has 0 unspecified atom stereocenters. The second-order valence-electron chi connectivity index (χ2n) is 6.13. The van der Waals surface area contributed by atoms with Crippen molar-refractivity contribution in [3.05, 3.63) is 70.2 Å². The Kier molecular flexibility index (Phi) is 4.58. The Labute approximate surface area is 145 Å². The molecule has 2 aromatic rings. The molecular formula is C19H18ClNO3. The summed E-state index contributed by atoms with van der Waals surface area (Å²) in [4.78, 5) is 23.8. The SMILES string of the molecule is O=C(Cc1ccccc1C(=O)O)NC1(c2ccc(Cl)cc2)CCC1. The van der Waals surface area contributed by atoms with Crippen LogP contribution in [0, 0.1) is 0 Å². The van der Waals surface area contributed by atoms with Gasteiger partial charge in [-0.2, -0.15) is 0 Å². The molecule has 5 heteroatoms. The number of carbonyl (C=O) groups is 2. The number of rotatable bonds is 5. The van der Waals surface area contributed by atoms with Gasteiger partial charge < -0.3 is 10.4 Å². The predicted molar refractivity (Wildman–Crippen MR) is 92.2 cm³/mol. The van der Waals surface area contributed by atoms with E-state index in [4.69, 9.17) is 11.6 Å². The van der Waals surface area contributed by atoms with Gasteiger partial charge in [-0.15, -0.1) is 0 Å². The van der Waals surface area contributed by atoms with Gasteiger partial charge in [0.15, 0.2) is 0 Å². The molecule has 1 aliphatic rings. The van der Waals surface area contributed by atoms with Gasteiger partial charge >= 0.3 is 5.97 Å². The third kappa shape index (κ3) is 3.29. The van der Waals surface area contributed by atoms with Crippen LogP contribution in [0.4, 0.5) is 0 Å². The quantitative estimate of drug-likeness (QED) is 0.868. The molecule has 24 heavy (non-hydrogen) atoms. The second-order valence-corrected chi connectivity index (χ2v) is 6.57. The molecule has 1 saturated carbocycles. The van der Waals surface area contributed by atoms with Crippen LogP contribution in [0.5, 0.6) is 0 Å². The molecule has 0 radical (unpaired) electrons. The van der Waals surface area contributed by atoms with E-state index in [9.17, 15) is 14.7 Å². The number of aromatic carboxylic acids is 1. The van der Waals surface area contributed by atoms with Gasteiger partial charge in [0.05, 0.1) is 17.5 Å². The van der Waals surface area contributed by atoms with E-state index < -0.39 is 5.97 Å². The Hall–Kier alpha value is -2.33. The van der Waals surface area contributed by atoms with Crippen LogP contribution in [0.2, 0.25) is 5.02 Å². The van der Waals surface area contributed by atoms with Crippen LogP contribution in [-0.2, 0) is 16.8 Å². The van der Waals surface area contributed by atoms with Crippen LogP contribution in [0.25, 0.3) is 0 Å². The van der Waals surface area contributed by atoms with Crippen molar-refractivity contribution in [2.75, 3.05) is 0 Å². The summed E-state index contributed by atoms with van der Waals surface area (Å²) < 4.78 is 0. The molecule has 0 heterocycles. The third-order valence-corrected chi connectivity index (χ3v) is 4.83. The first-order valence-electron chi connectivity index (χ1n) is 7.88. The van der Waals surface area contributed by atoms with E-state index in [-0.39, 0.29) is 23.4 Å². The highest BCUT2D eigenvalue weighted by Crippen LogP contribution is 2.41. The molecule has 0 aromatic heterocycles. The van der Waals surface area contributed by atoms with Crippen molar-refractivity contribution in [3.8, 4) is 0 Å². The van der Waals surface area contributed by atoms with Crippen LogP contribution >= 0.6 is 11.6 Å². The van der Waals surface area contributed by atoms with E-state index in [2.05, 4.69) is 5.32 Å². The monoisotopic (exact) mass is 343 g/mol. The van der Waals surface area contributed by atoms with E-state index in [1.165, 1.54) is 6.07 Å². The van der Waals surface area contributed by atoms with Crippen LogP contribution in [0.1, 0.15) is 40.7 Å². The Bertz CT molecular complexity index is 766. The summed E-state index contributed by atoms with van der Waals surface area (Å²) in [5.74, 6) is -1.19. The molecule has 3 rings (SSSR count). The zero-order valence-electron chi connectivity index (χ0n) is 13.1. The first-order valence-corrected chi connectivity index (χ1v) is 8.26. The van der Waals surface area contributed by atoms with Gasteiger partial charge in [0, 0.05) is 5.02 Å². The highest BCUT2D eigenvalue weighted by Gasteiger charge is 2.39. The van der Waals surface area contributed by atoms with E-state index in [1.807, 2.05) is 24.3 Å².